The van der Waals surface area contributed by atoms with E-state index in [0.29, 0.717) is 19.5 Å². The van der Waals surface area contributed by atoms with E-state index < -0.39 is 15.8 Å². The molecule has 0 spiro atoms. The van der Waals surface area contributed by atoms with Gasteiger partial charge in [0, 0.05) is 31.4 Å². The molecule has 0 aromatic carbocycles. The van der Waals surface area contributed by atoms with Crippen LogP contribution in [0.2, 0.25) is 0 Å². The summed E-state index contributed by atoms with van der Waals surface area (Å²) in [5, 5.41) is 3.34. The standard InChI is InChI=1S/C13H20FN3O2S/c1-3-11-9-17(12(4-2)7-16-11)20(18,19)13-5-10(14)6-15-8-13/h5-6,8,11-12,16H,3-4,7,9H2,1-2H3. The molecule has 1 aromatic heterocycles. The lowest BCUT2D eigenvalue weighted by Crippen LogP contribution is -2.57. The normalized spacial score (nSPS) is 24.8. The first-order valence-corrected chi connectivity index (χ1v) is 8.28. The molecule has 1 aromatic rings. The second-order valence-electron chi connectivity index (χ2n) is 4.99. The highest BCUT2D eigenvalue weighted by Crippen LogP contribution is 2.22. The van der Waals surface area contributed by atoms with Gasteiger partial charge in [-0.05, 0) is 18.9 Å². The zero-order chi connectivity index (χ0) is 14.8. The van der Waals surface area contributed by atoms with E-state index in [0.717, 1.165) is 18.7 Å². The fourth-order valence-corrected chi connectivity index (χ4v) is 4.14. The minimum atomic E-state index is -3.70. The molecule has 1 N–H and O–H groups in total. The Morgan fingerprint density at radius 1 is 1.40 bits per heavy atom. The van der Waals surface area contributed by atoms with Gasteiger partial charge in [0.05, 0.1) is 6.20 Å². The van der Waals surface area contributed by atoms with Crippen LogP contribution in [0.5, 0.6) is 0 Å². The maximum atomic E-state index is 13.2. The highest BCUT2D eigenvalue weighted by Gasteiger charge is 2.35. The highest BCUT2D eigenvalue weighted by atomic mass is 32.2. The van der Waals surface area contributed by atoms with Crippen LogP contribution in [0.3, 0.4) is 0 Å². The molecule has 5 nitrogen and oxygen atoms in total. The summed E-state index contributed by atoms with van der Waals surface area (Å²) >= 11 is 0. The maximum Gasteiger partial charge on any atom is 0.245 e. The van der Waals surface area contributed by atoms with Crippen LogP contribution in [-0.2, 0) is 10.0 Å². The second kappa shape index (κ2) is 6.15. The second-order valence-corrected chi connectivity index (χ2v) is 6.88. The molecule has 1 aliphatic rings. The monoisotopic (exact) mass is 301 g/mol. The molecule has 0 saturated carbocycles. The predicted octanol–water partition coefficient (Wildman–Crippen LogP) is 1.37. The number of sulfonamides is 1. The molecular weight excluding hydrogens is 281 g/mol. The SMILES string of the molecule is CCC1CN(S(=O)(=O)c2cncc(F)c2)C(CC)CN1. The first-order valence-electron chi connectivity index (χ1n) is 6.84. The first kappa shape index (κ1) is 15.3. The Kier molecular flexibility index (Phi) is 4.72. The molecule has 112 valence electrons. The van der Waals surface area contributed by atoms with Crippen molar-refractivity contribution in [2.75, 3.05) is 13.1 Å². The lowest BCUT2D eigenvalue weighted by Gasteiger charge is -2.38. The maximum absolute atomic E-state index is 13.2. The topological polar surface area (TPSA) is 62.3 Å². The number of nitrogens with one attached hydrogen (secondary N) is 1. The van der Waals surface area contributed by atoms with Gasteiger partial charge < -0.3 is 5.32 Å². The van der Waals surface area contributed by atoms with Crippen LogP contribution >= 0.6 is 0 Å². The van der Waals surface area contributed by atoms with Crippen molar-refractivity contribution in [1.29, 1.82) is 0 Å². The predicted molar refractivity (Wildman–Crippen MR) is 74.2 cm³/mol. The first-order chi connectivity index (χ1) is 9.48. The number of halogens is 1. The molecule has 1 saturated heterocycles. The lowest BCUT2D eigenvalue weighted by atomic mass is 10.1. The van der Waals surface area contributed by atoms with Gasteiger partial charge in [-0.3, -0.25) is 4.98 Å². The Hall–Kier alpha value is -1.05. The summed E-state index contributed by atoms with van der Waals surface area (Å²) in [4.78, 5) is 3.56. The molecule has 2 unspecified atom stereocenters. The third-order valence-corrected chi connectivity index (χ3v) is 5.58. The van der Waals surface area contributed by atoms with Crippen LogP contribution in [0.4, 0.5) is 4.39 Å². The summed E-state index contributed by atoms with van der Waals surface area (Å²) in [5.41, 5.74) is 0. The molecule has 2 atom stereocenters. The van der Waals surface area contributed by atoms with Crippen LogP contribution in [0.1, 0.15) is 26.7 Å². The summed E-state index contributed by atoms with van der Waals surface area (Å²) in [7, 11) is -3.70. The van der Waals surface area contributed by atoms with Gasteiger partial charge in [-0.15, -0.1) is 0 Å². The summed E-state index contributed by atoms with van der Waals surface area (Å²) < 4.78 is 40.0. The summed E-state index contributed by atoms with van der Waals surface area (Å²) in [5.74, 6) is -0.638. The Labute approximate surface area is 119 Å². The number of piperazine rings is 1. The van der Waals surface area contributed by atoms with Crippen molar-refractivity contribution in [3.05, 3.63) is 24.3 Å². The molecule has 1 fully saturated rings. The number of hydrogen-bond acceptors (Lipinski definition) is 4. The van der Waals surface area contributed by atoms with Crippen LogP contribution in [0.25, 0.3) is 0 Å². The zero-order valence-corrected chi connectivity index (χ0v) is 12.5. The molecule has 0 radical (unpaired) electrons. The van der Waals surface area contributed by atoms with Crippen LogP contribution in [-0.4, -0.2) is 42.9 Å². The molecule has 1 aliphatic heterocycles. The van der Waals surface area contributed by atoms with Crippen LogP contribution in [0.15, 0.2) is 23.4 Å². The van der Waals surface area contributed by atoms with Crippen molar-refractivity contribution in [3.63, 3.8) is 0 Å². The van der Waals surface area contributed by atoms with E-state index in [9.17, 15) is 12.8 Å². The van der Waals surface area contributed by atoms with Gasteiger partial charge >= 0.3 is 0 Å². The average molecular weight is 301 g/mol. The van der Waals surface area contributed by atoms with E-state index in [2.05, 4.69) is 10.3 Å². The quantitative estimate of drug-likeness (QED) is 0.912. The molecule has 2 heterocycles. The van der Waals surface area contributed by atoms with E-state index in [-0.39, 0.29) is 17.0 Å². The van der Waals surface area contributed by atoms with Crippen LogP contribution < -0.4 is 5.32 Å². The molecule has 0 bridgehead atoms. The van der Waals surface area contributed by atoms with Crippen molar-refractivity contribution >= 4 is 10.0 Å². The Balaban J connectivity index is 2.34. The van der Waals surface area contributed by atoms with Gasteiger partial charge in [0.15, 0.2) is 0 Å². The Morgan fingerprint density at radius 3 is 2.75 bits per heavy atom. The zero-order valence-electron chi connectivity index (χ0n) is 11.7. The Bertz CT molecular complexity index is 564. The third kappa shape index (κ3) is 2.99. The van der Waals surface area contributed by atoms with Crippen molar-refractivity contribution < 1.29 is 12.8 Å². The minimum absolute atomic E-state index is 0.0762. The van der Waals surface area contributed by atoms with Gasteiger partial charge in [0.1, 0.15) is 10.7 Å². The molecule has 0 aliphatic carbocycles. The molecule has 20 heavy (non-hydrogen) atoms. The van der Waals surface area contributed by atoms with Gasteiger partial charge in [-0.2, -0.15) is 4.31 Å². The van der Waals surface area contributed by atoms with Gasteiger partial charge in [0.2, 0.25) is 10.0 Å². The van der Waals surface area contributed by atoms with E-state index in [1.54, 1.807) is 0 Å². The number of hydrogen-bond donors (Lipinski definition) is 1. The number of nitrogens with zero attached hydrogens (tertiary/aromatic N) is 2. The number of aromatic nitrogens is 1. The molecule has 7 heteroatoms. The number of pyridine rings is 1. The summed E-state index contributed by atoms with van der Waals surface area (Å²) in [6.45, 7) is 4.99. The average Bonchev–Trinajstić information content (AvgIpc) is 2.46. The lowest BCUT2D eigenvalue weighted by molar-refractivity contribution is 0.215. The number of rotatable bonds is 4. The summed E-state index contributed by atoms with van der Waals surface area (Å²) in [6.07, 6.45) is 3.77. The van der Waals surface area contributed by atoms with Crippen molar-refractivity contribution in [3.8, 4) is 0 Å². The van der Waals surface area contributed by atoms with Gasteiger partial charge in [0.25, 0.3) is 0 Å². The fraction of sp³-hybridized carbons (Fsp3) is 0.615. The third-order valence-electron chi connectivity index (χ3n) is 3.70. The molecular formula is C13H20FN3O2S. The minimum Gasteiger partial charge on any atom is -0.311 e. The van der Waals surface area contributed by atoms with E-state index in [1.165, 1.54) is 10.5 Å². The fourth-order valence-electron chi connectivity index (χ4n) is 2.42. The summed E-state index contributed by atoms with van der Waals surface area (Å²) in [6, 6.07) is 1.05. The molecule has 0 amide bonds. The van der Waals surface area contributed by atoms with Gasteiger partial charge in [-0.1, -0.05) is 13.8 Å². The van der Waals surface area contributed by atoms with E-state index in [1.807, 2.05) is 13.8 Å². The van der Waals surface area contributed by atoms with Crippen molar-refractivity contribution in [2.45, 2.75) is 43.7 Å². The smallest absolute Gasteiger partial charge is 0.245 e. The van der Waals surface area contributed by atoms with E-state index >= 15 is 0 Å². The van der Waals surface area contributed by atoms with Crippen LogP contribution in [0, 0.1) is 5.82 Å². The highest BCUT2D eigenvalue weighted by molar-refractivity contribution is 7.89. The van der Waals surface area contributed by atoms with Crippen molar-refractivity contribution in [1.82, 2.24) is 14.6 Å². The Morgan fingerprint density at radius 2 is 2.15 bits per heavy atom. The largest absolute Gasteiger partial charge is 0.311 e. The molecule has 2 rings (SSSR count). The van der Waals surface area contributed by atoms with Gasteiger partial charge in [-0.25, -0.2) is 12.8 Å². The van der Waals surface area contributed by atoms with Crippen molar-refractivity contribution in [2.24, 2.45) is 0 Å². The van der Waals surface area contributed by atoms with E-state index in [4.69, 9.17) is 0 Å².